The fourth-order valence-electron chi connectivity index (χ4n) is 0.872. The molecule has 0 fully saturated rings. The normalized spacial score (nSPS) is 9.64. The van der Waals surface area contributed by atoms with Gasteiger partial charge < -0.3 is 0 Å². The third-order valence-corrected chi connectivity index (χ3v) is 2.12. The summed E-state index contributed by atoms with van der Waals surface area (Å²) in [4.78, 5) is 0. The first-order chi connectivity index (χ1) is 5.25. The van der Waals surface area contributed by atoms with Crippen LogP contribution < -0.4 is 0 Å². The van der Waals surface area contributed by atoms with Gasteiger partial charge in [0.25, 0.3) is 0 Å². The third-order valence-electron chi connectivity index (χ3n) is 1.41. The number of halogens is 2. The Bertz CT molecular complexity index is 246. The van der Waals surface area contributed by atoms with E-state index in [4.69, 9.17) is 23.2 Å². The van der Waals surface area contributed by atoms with Crippen molar-refractivity contribution in [3.63, 3.8) is 0 Å². The smallest absolute Gasteiger partial charge is 0.0456 e. The van der Waals surface area contributed by atoms with Crippen molar-refractivity contribution in [2.45, 2.75) is 6.42 Å². The Hall–Kier alpha value is -0.460. The first-order valence-electron chi connectivity index (χ1n) is 3.29. The molecular formula is C9H8Cl2. The summed E-state index contributed by atoms with van der Waals surface area (Å²) in [7, 11) is 0. The molecule has 58 valence electrons. The Balaban J connectivity index is 3.09. The molecule has 0 nitrogen and oxygen atoms in total. The zero-order valence-electron chi connectivity index (χ0n) is 5.98. The molecule has 0 unspecified atom stereocenters. The van der Waals surface area contributed by atoms with Gasteiger partial charge in [-0.2, -0.15) is 0 Å². The Labute approximate surface area is 76.4 Å². The van der Waals surface area contributed by atoms with E-state index in [0.717, 1.165) is 12.0 Å². The van der Waals surface area contributed by atoms with Gasteiger partial charge in [-0.15, -0.1) is 6.58 Å². The van der Waals surface area contributed by atoms with Crippen LogP contribution in [0.5, 0.6) is 0 Å². The highest BCUT2D eigenvalue weighted by Gasteiger charge is 2.01. The number of allylic oxidation sites excluding steroid dienone is 1. The lowest BCUT2D eigenvalue weighted by molar-refractivity contribution is 1.28. The van der Waals surface area contributed by atoms with Crippen LogP contribution in [-0.2, 0) is 6.42 Å². The van der Waals surface area contributed by atoms with E-state index in [1.165, 1.54) is 0 Å². The lowest BCUT2D eigenvalue weighted by atomic mass is 10.1. The molecule has 1 aromatic carbocycles. The van der Waals surface area contributed by atoms with E-state index in [-0.39, 0.29) is 0 Å². The van der Waals surface area contributed by atoms with E-state index in [1.54, 1.807) is 6.08 Å². The largest absolute Gasteiger partial charge is 0.103 e. The maximum atomic E-state index is 5.88. The van der Waals surface area contributed by atoms with Gasteiger partial charge in [-0.3, -0.25) is 0 Å². The second-order valence-corrected chi connectivity index (χ2v) is 3.01. The summed E-state index contributed by atoms with van der Waals surface area (Å²) in [5.74, 6) is 0. The summed E-state index contributed by atoms with van der Waals surface area (Å²) in [6.45, 7) is 3.62. The maximum Gasteiger partial charge on any atom is 0.0456 e. The lowest BCUT2D eigenvalue weighted by Gasteiger charge is -2.01. The van der Waals surface area contributed by atoms with Gasteiger partial charge in [0.1, 0.15) is 0 Å². The predicted octanol–water partition coefficient (Wildman–Crippen LogP) is 3.72. The van der Waals surface area contributed by atoms with Gasteiger partial charge in [-0.05, 0) is 24.1 Å². The second-order valence-electron chi connectivity index (χ2n) is 2.19. The van der Waals surface area contributed by atoms with Gasteiger partial charge in [-0.25, -0.2) is 0 Å². The van der Waals surface area contributed by atoms with Crippen LogP contribution in [0.4, 0.5) is 0 Å². The summed E-state index contributed by atoms with van der Waals surface area (Å²) >= 11 is 11.8. The summed E-state index contributed by atoms with van der Waals surface area (Å²) in [5.41, 5.74) is 0.950. The average molecular weight is 187 g/mol. The second kappa shape index (κ2) is 3.80. The molecule has 0 aliphatic carbocycles. The maximum absolute atomic E-state index is 5.88. The molecule has 0 saturated carbocycles. The van der Waals surface area contributed by atoms with E-state index < -0.39 is 0 Å². The summed E-state index contributed by atoms with van der Waals surface area (Å²) in [5, 5.41) is 1.41. The van der Waals surface area contributed by atoms with E-state index in [2.05, 4.69) is 6.58 Å². The molecule has 0 N–H and O–H groups in total. The molecule has 0 atom stereocenters. The molecule has 2 heteroatoms. The van der Waals surface area contributed by atoms with Crippen molar-refractivity contribution in [3.05, 3.63) is 46.5 Å². The number of rotatable bonds is 2. The molecule has 0 radical (unpaired) electrons. The highest BCUT2D eigenvalue weighted by atomic mass is 35.5. The molecule has 0 heterocycles. The topological polar surface area (TPSA) is 0 Å². The summed E-state index contributed by atoms with van der Waals surface area (Å²) in [6.07, 6.45) is 2.51. The van der Waals surface area contributed by atoms with Gasteiger partial charge in [-0.1, -0.05) is 35.3 Å². The first kappa shape index (κ1) is 8.63. The van der Waals surface area contributed by atoms with Crippen molar-refractivity contribution in [2.75, 3.05) is 0 Å². The van der Waals surface area contributed by atoms with Crippen LogP contribution in [-0.4, -0.2) is 0 Å². The van der Waals surface area contributed by atoms with Crippen molar-refractivity contribution >= 4 is 23.2 Å². The van der Waals surface area contributed by atoms with Crippen molar-refractivity contribution < 1.29 is 0 Å². The van der Waals surface area contributed by atoms with Crippen LogP contribution in [0.2, 0.25) is 10.0 Å². The van der Waals surface area contributed by atoms with Crippen LogP contribution in [0.1, 0.15) is 5.56 Å². The van der Waals surface area contributed by atoms with Gasteiger partial charge in [0.05, 0.1) is 0 Å². The minimum absolute atomic E-state index is 0.706. The molecule has 1 aromatic rings. The molecule has 0 saturated heterocycles. The Morgan fingerprint density at radius 1 is 1.27 bits per heavy atom. The van der Waals surface area contributed by atoms with Crippen LogP contribution in [0.15, 0.2) is 30.9 Å². The highest BCUT2D eigenvalue weighted by molar-refractivity contribution is 6.36. The third kappa shape index (κ3) is 1.98. The number of hydrogen-bond donors (Lipinski definition) is 0. The SMILES string of the molecule is C=CCc1c(Cl)cccc1Cl. The molecule has 0 bridgehead atoms. The quantitative estimate of drug-likeness (QED) is 0.619. The molecule has 1 rings (SSSR count). The zero-order chi connectivity index (χ0) is 8.27. The minimum atomic E-state index is 0.706. The molecule has 0 amide bonds. The van der Waals surface area contributed by atoms with Gasteiger partial charge >= 0.3 is 0 Å². The predicted molar refractivity (Wildman–Crippen MR) is 50.4 cm³/mol. The lowest BCUT2D eigenvalue weighted by Crippen LogP contribution is -1.83. The minimum Gasteiger partial charge on any atom is -0.103 e. The molecule has 0 aromatic heterocycles. The van der Waals surface area contributed by atoms with E-state index >= 15 is 0 Å². The fourth-order valence-corrected chi connectivity index (χ4v) is 1.42. The first-order valence-corrected chi connectivity index (χ1v) is 4.05. The standard InChI is InChI=1S/C9H8Cl2/c1-2-4-7-8(10)5-3-6-9(7)11/h2-3,5-6H,1,4H2. The summed E-state index contributed by atoms with van der Waals surface area (Å²) in [6, 6.07) is 5.48. The Morgan fingerprint density at radius 3 is 2.27 bits per heavy atom. The van der Waals surface area contributed by atoms with Crippen LogP contribution in [0.3, 0.4) is 0 Å². The molecule has 11 heavy (non-hydrogen) atoms. The van der Waals surface area contributed by atoms with Crippen LogP contribution in [0.25, 0.3) is 0 Å². The van der Waals surface area contributed by atoms with Crippen molar-refractivity contribution in [1.29, 1.82) is 0 Å². The van der Waals surface area contributed by atoms with Crippen molar-refractivity contribution in [2.24, 2.45) is 0 Å². The molecule has 0 spiro atoms. The number of hydrogen-bond acceptors (Lipinski definition) is 0. The zero-order valence-corrected chi connectivity index (χ0v) is 7.49. The average Bonchev–Trinajstić information content (AvgIpc) is 1.97. The summed E-state index contributed by atoms with van der Waals surface area (Å²) < 4.78 is 0. The monoisotopic (exact) mass is 186 g/mol. The van der Waals surface area contributed by atoms with Crippen LogP contribution >= 0.6 is 23.2 Å². The van der Waals surface area contributed by atoms with Gasteiger partial charge in [0.15, 0.2) is 0 Å². The Morgan fingerprint density at radius 2 is 1.82 bits per heavy atom. The molecular weight excluding hydrogens is 179 g/mol. The molecule has 0 aliphatic rings. The highest BCUT2D eigenvalue weighted by Crippen LogP contribution is 2.24. The Kier molecular flexibility index (Phi) is 2.98. The van der Waals surface area contributed by atoms with Crippen molar-refractivity contribution in [3.8, 4) is 0 Å². The van der Waals surface area contributed by atoms with Crippen molar-refractivity contribution in [1.82, 2.24) is 0 Å². The van der Waals surface area contributed by atoms with Gasteiger partial charge in [0, 0.05) is 10.0 Å². The van der Waals surface area contributed by atoms with E-state index in [9.17, 15) is 0 Å². The van der Waals surface area contributed by atoms with E-state index in [0.29, 0.717) is 10.0 Å². The molecule has 0 aliphatic heterocycles. The van der Waals surface area contributed by atoms with Crippen LogP contribution in [0, 0.1) is 0 Å². The van der Waals surface area contributed by atoms with Gasteiger partial charge in [0.2, 0.25) is 0 Å². The fraction of sp³-hybridized carbons (Fsp3) is 0.111. The number of benzene rings is 1. The van der Waals surface area contributed by atoms with E-state index in [1.807, 2.05) is 18.2 Å².